The number of unbranched alkanes of at least 4 members (excludes halogenated alkanes) is 2. The van der Waals surface area contributed by atoms with Gasteiger partial charge in [-0.05, 0) is 53.1 Å². The van der Waals surface area contributed by atoms with Gasteiger partial charge in [0.05, 0.1) is 0 Å². The Morgan fingerprint density at radius 2 is 1.61 bits per heavy atom. The summed E-state index contributed by atoms with van der Waals surface area (Å²) >= 11 is 0. The van der Waals surface area contributed by atoms with Gasteiger partial charge in [0.15, 0.2) is 0 Å². The molecule has 1 unspecified atom stereocenters. The van der Waals surface area contributed by atoms with Crippen molar-refractivity contribution >= 4 is 0 Å². The molecule has 0 amide bonds. The minimum atomic E-state index is 0.617. The van der Waals surface area contributed by atoms with Crippen molar-refractivity contribution in [3.05, 3.63) is 0 Å². The van der Waals surface area contributed by atoms with Gasteiger partial charge >= 0.3 is 0 Å². The molecule has 0 aliphatic rings. The zero-order chi connectivity index (χ0) is 14.0. The second-order valence-electron chi connectivity index (χ2n) is 6.14. The number of rotatable bonds is 11. The maximum atomic E-state index is 3.50. The Labute approximate surface area is 116 Å². The van der Waals surface area contributed by atoms with E-state index in [1.165, 1.54) is 38.6 Å². The zero-order valence-corrected chi connectivity index (χ0v) is 13.6. The highest BCUT2D eigenvalue weighted by Gasteiger charge is 2.15. The quantitative estimate of drug-likeness (QED) is 0.561. The molecule has 0 aromatic carbocycles. The molecule has 1 N–H and O–H groups in total. The molecule has 0 heterocycles. The molecule has 0 rings (SSSR count). The first-order valence-corrected chi connectivity index (χ1v) is 7.98. The summed E-state index contributed by atoms with van der Waals surface area (Å²) in [7, 11) is 0. The van der Waals surface area contributed by atoms with E-state index in [1.54, 1.807) is 0 Å². The number of nitrogens with zero attached hydrogens (tertiary/aromatic N) is 1. The Bertz CT molecular complexity index is 178. The molecule has 18 heavy (non-hydrogen) atoms. The van der Waals surface area contributed by atoms with Crippen LogP contribution in [-0.2, 0) is 0 Å². The predicted octanol–water partition coefficient (Wildman–Crippen LogP) is 4.05. The molecule has 2 heteroatoms. The van der Waals surface area contributed by atoms with Crippen LogP contribution in [0.15, 0.2) is 0 Å². The maximum Gasteiger partial charge on any atom is 0.00701 e. The van der Waals surface area contributed by atoms with Gasteiger partial charge in [-0.15, -0.1) is 0 Å². The number of hydrogen-bond donors (Lipinski definition) is 1. The minimum Gasteiger partial charge on any atom is -0.315 e. The molecule has 0 saturated carbocycles. The lowest BCUT2D eigenvalue weighted by Gasteiger charge is -2.33. The summed E-state index contributed by atoms with van der Waals surface area (Å²) in [5, 5.41) is 3.50. The van der Waals surface area contributed by atoms with Crippen LogP contribution in [-0.4, -0.2) is 36.1 Å². The van der Waals surface area contributed by atoms with Crippen molar-refractivity contribution in [3.63, 3.8) is 0 Å². The number of hydrogen-bond acceptors (Lipinski definition) is 2. The highest BCUT2D eigenvalue weighted by Crippen LogP contribution is 2.12. The number of nitrogens with one attached hydrogen (secondary N) is 1. The summed E-state index contributed by atoms with van der Waals surface area (Å²) in [6, 6.07) is 2.01. The molecule has 0 aliphatic carbocycles. The van der Waals surface area contributed by atoms with E-state index in [4.69, 9.17) is 0 Å². The van der Waals surface area contributed by atoms with Crippen LogP contribution in [0.3, 0.4) is 0 Å². The van der Waals surface area contributed by atoms with Crippen molar-refractivity contribution in [2.45, 2.75) is 91.8 Å². The normalized spacial score (nSPS) is 13.8. The molecule has 0 aromatic rings. The van der Waals surface area contributed by atoms with Crippen molar-refractivity contribution in [3.8, 4) is 0 Å². The van der Waals surface area contributed by atoms with E-state index in [0.717, 1.165) is 12.6 Å². The van der Waals surface area contributed by atoms with Crippen LogP contribution < -0.4 is 5.32 Å². The lowest BCUT2D eigenvalue weighted by molar-refractivity contribution is 0.151. The molecule has 1 atom stereocenters. The van der Waals surface area contributed by atoms with Crippen LogP contribution >= 0.6 is 0 Å². The van der Waals surface area contributed by atoms with Crippen molar-refractivity contribution < 1.29 is 0 Å². The predicted molar refractivity (Wildman–Crippen MR) is 83.2 cm³/mol. The van der Waals surface area contributed by atoms with E-state index in [9.17, 15) is 0 Å². The molecule has 110 valence electrons. The van der Waals surface area contributed by atoms with Gasteiger partial charge in [-0.2, -0.15) is 0 Å². The highest BCUT2D eigenvalue weighted by molar-refractivity contribution is 4.71. The molecule has 0 saturated heterocycles. The second kappa shape index (κ2) is 10.8. The summed E-state index contributed by atoms with van der Waals surface area (Å²) in [4.78, 5) is 2.67. The summed E-state index contributed by atoms with van der Waals surface area (Å²) in [5.41, 5.74) is 0. The third-order valence-electron chi connectivity index (χ3n) is 3.60. The molecule has 0 spiro atoms. The van der Waals surface area contributed by atoms with Crippen LogP contribution in [0.4, 0.5) is 0 Å². The topological polar surface area (TPSA) is 15.3 Å². The van der Waals surface area contributed by atoms with E-state index >= 15 is 0 Å². The Morgan fingerprint density at radius 1 is 0.944 bits per heavy atom. The highest BCUT2D eigenvalue weighted by atomic mass is 15.2. The fourth-order valence-corrected chi connectivity index (χ4v) is 2.49. The van der Waals surface area contributed by atoms with Gasteiger partial charge in [0.1, 0.15) is 0 Å². The van der Waals surface area contributed by atoms with E-state index in [0.29, 0.717) is 12.1 Å². The average Bonchev–Trinajstić information content (AvgIpc) is 2.29. The van der Waals surface area contributed by atoms with Crippen LogP contribution in [0.1, 0.15) is 73.6 Å². The van der Waals surface area contributed by atoms with Gasteiger partial charge < -0.3 is 5.32 Å². The first kappa shape index (κ1) is 17.9. The smallest absolute Gasteiger partial charge is 0.00701 e. The third-order valence-corrected chi connectivity index (χ3v) is 3.60. The molecular formula is C16H36N2. The summed E-state index contributed by atoms with van der Waals surface area (Å²) < 4.78 is 0. The monoisotopic (exact) mass is 256 g/mol. The molecular weight excluding hydrogens is 220 g/mol. The van der Waals surface area contributed by atoms with E-state index in [2.05, 4.69) is 51.8 Å². The van der Waals surface area contributed by atoms with E-state index < -0.39 is 0 Å². The van der Waals surface area contributed by atoms with Gasteiger partial charge in [-0.25, -0.2) is 0 Å². The molecule has 0 bridgehead atoms. The van der Waals surface area contributed by atoms with Crippen molar-refractivity contribution in [1.82, 2.24) is 10.2 Å². The average molecular weight is 256 g/mol. The first-order chi connectivity index (χ1) is 8.49. The molecule has 2 nitrogen and oxygen atoms in total. The van der Waals surface area contributed by atoms with Gasteiger partial charge in [0, 0.05) is 18.1 Å². The SMILES string of the molecule is CCCCCN(C(C)C)C(C)CCCNC(C)C. The first-order valence-electron chi connectivity index (χ1n) is 7.98. The van der Waals surface area contributed by atoms with Gasteiger partial charge in [-0.1, -0.05) is 33.6 Å². The fourth-order valence-electron chi connectivity index (χ4n) is 2.49. The van der Waals surface area contributed by atoms with E-state index in [-0.39, 0.29) is 0 Å². The summed E-state index contributed by atoms with van der Waals surface area (Å²) in [5.74, 6) is 0. The molecule has 0 aliphatic heterocycles. The lowest BCUT2D eigenvalue weighted by atomic mass is 10.1. The van der Waals surface area contributed by atoms with Gasteiger partial charge in [0.25, 0.3) is 0 Å². The van der Waals surface area contributed by atoms with Crippen molar-refractivity contribution in [2.24, 2.45) is 0 Å². The lowest BCUT2D eigenvalue weighted by Crippen LogP contribution is -2.39. The van der Waals surface area contributed by atoms with Crippen LogP contribution in [0.2, 0.25) is 0 Å². The largest absolute Gasteiger partial charge is 0.315 e. The standard InChI is InChI=1S/C16H36N2/c1-7-8-9-13-18(15(4)5)16(6)11-10-12-17-14(2)3/h14-17H,7-13H2,1-6H3. The van der Waals surface area contributed by atoms with Crippen molar-refractivity contribution in [2.75, 3.05) is 13.1 Å². The third kappa shape index (κ3) is 8.93. The Hall–Kier alpha value is -0.0800. The molecule has 0 radical (unpaired) electrons. The van der Waals surface area contributed by atoms with Crippen LogP contribution in [0.5, 0.6) is 0 Å². The van der Waals surface area contributed by atoms with Crippen LogP contribution in [0, 0.1) is 0 Å². The fraction of sp³-hybridized carbons (Fsp3) is 1.00. The zero-order valence-electron chi connectivity index (χ0n) is 13.6. The van der Waals surface area contributed by atoms with Gasteiger partial charge in [-0.3, -0.25) is 4.90 Å². The minimum absolute atomic E-state index is 0.617. The Kier molecular flexibility index (Phi) is 10.8. The van der Waals surface area contributed by atoms with Crippen molar-refractivity contribution in [1.29, 1.82) is 0 Å². The molecule has 0 fully saturated rings. The Morgan fingerprint density at radius 3 is 2.11 bits per heavy atom. The molecule has 0 aromatic heterocycles. The Balaban J connectivity index is 3.87. The van der Waals surface area contributed by atoms with E-state index in [1.807, 2.05) is 0 Å². The maximum absolute atomic E-state index is 3.50. The summed E-state index contributed by atoms with van der Waals surface area (Å²) in [6.07, 6.45) is 6.63. The second-order valence-corrected chi connectivity index (χ2v) is 6.14. The summed E-state index contributed by atoms with van der Waals surface area (Å²) in [6.45, 7) is 16.2. The van der Waals surface area contributed by atoms with Gasteiger partial charge in [0.2, 0.25) is 0 Å². The van der Waals surface area contributed by atoms with Crippen LogP contribution in [0.25, 0.3) is 0 Å².